The van der Waals surface area contributed by atoms with Crippen molar-refractivity contribution < 1.29 is 4.74 Å². The quantitative estimate of drug-likeness (QED) is 0.343. The van der Waals surface area contributed by atoms with Gasteiger partial charge in [-0.1, -0.05) is 19.1 Å². The summed E-state index contributed by atoms with van der Waals surface area (Å²) in [6, 6.07) is 9.55. The molecule has 184 valence electrons. The normalized spacial score (nSPS) is 17.0. The second-order valence-electron chi connectivity index (χ2n) is 9.06. The van der Waals surface area contributed by atoms with Gasteiger partial charge in [-0.2, -0.15) is 0 Å². The summed E-state index contributed by atoms with van der Waals surface area (Å²) in [5, 5.41) is 5.44. The number of hydrogen-bond donors (Lipinski definition) is 1. The molecule has 0 aliphatic carbocycles. The molecule has 0 bridgehead atoms. The van der Waals surface area contributed by atoms with Gasteiger partial charge in [-0.05, 0) is 61.7 Å². The fourth-order valence-corrected chi connectivity index (χ4v) is 5.57. The molecule has 1 aliphatic heterocycles. The van der Waals surface area contributed by atoms with Crippen LogP contribution in [0.15, 0.2) is 53.2 Å². The molecule has 0 spiro atoms. The summed E-state index contributed by atoms with van der Waals surface area (Å²) in [4.78, 5) is 32.2. The van der Waals surface area contributed by atoms with Gasteiger partial charge in [0.2, 0.25) is 0 Å². The van der Waals surface area contributed by atoms with Gasteiger partial charge in [0.25, 0.3) is 5.56 Å². The number of benzene rings is 1. The molecule has 0 amide bonds. The zero-order valence-corrected chi connectivity index (χ0v) is 21.0. The van der Waals surface area contributed by atoms with Crippen LogP contribution in [0, 0.1) is 6.92 Å². The lowest BCUT2D eigenvalue weighted by molar-refractivity contribution is -0.0298. The second kappa shape index (κ2) is 9.44. The Hall–Kier alpha value is -3.63. The number of rotatable bonds is 6. The molecule has 2 atom stereocenters. The molecule has 4 aromatic heterocycles. The molecule has 9 nitrogen and oxygen atoms in total. The topological polar surface area (TPSA) is 99.8 Å². The van der Waals surface area contributed by atoms with Crippen molar-refractivity contribution in [2.24, 2.45) is 0 Å². The number of anilines is 1. The van der Waals surface area contributed by atoms with Crippen LogP contribution in [0.2, 0.25) is 0 Å². The first-order valence-corrected chi connectivity index (χ1v) is 13.1. The molecule has 1 aliphatic rings. The van der Waals surface area contributed by atoms with Gasteiger partial charge in [0.15, 0.2) is 17.0 Å². The van der Waals surface area contributed by atoms with E-state index in [1.54, 1.807) is 17.2 Å². The Morgan fingerprint density at radius 1 is 1.22 bits per heavy atom. The largest absolute Gasteiger partial charge is 0.358 e. The minimum Gasteiger partial charge on any atom is -0.358 e. The zero-order valence-electron chi connectivity index (χ0n) is 20.2. The van der Waals surface area contributed by atoms with Crippen molar-refractivity contribution in [1.29, 1.82) is 0 Å². The number of aromatic nitrogens is 6. The first-order chi connectivity index (χ1) is 17.6. The van der Waals surface area contributed by atoms with E-state index in [1.165, 1.54) is 11.3 Å². The van der Waals surface area contributed by atoms with E-state index in [0.717, 1.165) is 42.8 Å². The number of thiophene rings is 1. The van der Waals surface area contributed by atoms with Crippen molar-refractivity contribution in [3.63, 3.8) is 0 Å². The average molecular weight is 502 g/mol. The summed E-state index contributed by atoms with van der Waals surface area (Å²) in [7, 11) is 0. The van der Waals surface area contributed by atoms with E-state index in [4.69, 9.17) is 9.72 Å². The summed E-state index contributed by atoms with van der Waals surface area (Å²) >= 11 is 1.42. The van der Waals surface area contributed by atoms with E-state index >= 15 is 0 Å². The van der Waals surface area contributed by atoms with Crippen molar-refractivity contribution in [3.05, 3.63) is 70.1 Å². The Morgan fingerprint density at radius 3 is 2.94 bits per heavy atom. The first kappa shape index (κ1) is 22.8. The highest BCUT2D eigenvalue weighted by Crippen LogP contribution is 2.30. The molecule has 2 unspecified atom stereocenters. The van der Waals surface area contributed by atoms with Crippen LogP contribution in [-0.4, -0.2) is 35.7 Å². The molecule has 0 radical (unpaired) electrons. The van der Waals surface area contributed by atoms with Crippen LogP contribution in [0.1, 0.15) is 56.3 Å². The van der Waals surface area contributed by atoms with E-state index in [9.17, 15) is 4.79 Å². The van der Waals surface area contributed by atoms with Crippen LogP contribution in [-0.2, 0) is 4.74 Å². The highest BCUT2D eigenvalue weighted by molar-refractivity contribution is 7.17. The fourth-order valence-electron chi connectivity index (χ4n) is 4.81. The van der Waals surface area contributed by atoms with Crippen molar-refractivity contribution in [2.75, 3.05) is 11.9 Å². The van der Waals surface area contributed by atoms with Crippen LogP contribution in [0.25, 0.3) is 27.1 Å². The van der Waals surface area contributed by atoms with Crippen LogP contribution < -0.4 is 10.9 Å². The fraction of sp³-hybridized carbons (Fsp3) is 0.346. The van der Waals surface area contributed by atoms with Crippen LogP contribution in [0.3, 0.4) is 0 Å². The van der Waals surface area contributed by atoms with E-state index in [0.29, 0.717) is 33.8 Å². The molecule has 6 rings (SSSR count). The standard InChI is InChI=1S/C26H27N7O2S/c1-3-18(30-23-21-25(28-14-27-23)32(15-29-21)20-9-4-5-11-35-20)24-31-19-10-12-36-22(19)26(34)33(24)17-8-6-7-16(2)13-17/h6-8,10,12-15,18,20H,3-5,9,11H2,1-2H3,(H,27,28,30). The lowest BCUT2D eigenvalue weighted by Gasteiger charge is -2.24. The molecule has 1 fully saturated rings. The van der Waals surface area contributed by atoms with Gasteiger partial charge in [-0.15, -0.1) is 11.3 Å². The molecule has 10 heteroatoms. The Balaban J connectivity index is 1.45. The Labute approximate surface area is 211 Å². The van der Waals surface area contributed by atoms with Crippen molar-refractivity contribution in [2.45, 2.75) is 51.8 Å². The number of fused-ring (bicyclic) bond motifs is 2. The minimum absolute atomic E-state index is 0.0670. The number of ether oxygens (including phenoxy) is 1. The van der Waals surface area contributed by atoms with Crippen molar-refractivity contribution in [3.8, 4) is 5.69 Å². The third kappa shape index (κ3) is 3.96. The maximum Gasteiger partial charge on any atom is 0.276 e. The van der Waals surface area contributed by atoms with E-state index in [1.807, 2.05) is 47.2 Å². The van der Waals surface area contributed by atoms with Gasteiger partial charge in [-0.3, -0.25) is 13.9 Å². The second-order valence-corrected chi connectivity index (χ2v) is 9.97. The number of aryl methyl sites for hydroxylation is 1. The summed E-state index contributed by atoms with van der Waals surface area (Å²) in [5.74, 6) is 1.25. The number of hydrogen-bond acceptors (Lipinski definition) is 8. The Kier molecular flexibility index (Phi) is 5.98. The highest BCUT2D eigenvalue weighted by Gasteiger charge is 2.24. The smallest absolute Gasteiger partial charge is 0.276 e. The molecule has 0 saturated carbocycles. The molecule has 1 saturated heterocycles. The van der Waals surface area contributed by atoms with Crippen molar-refractivity contribution >= 4 is 38.5 Å². The molecular weight excluding hydrogens is 474 g/mol. The highest BCUT2D eigenvalue weighted by atomic mass is 32.1. The summed E-state index contributed by atoms with van der Waals surface area (Å²) < 4.78 is 10.3. The Bertz CT molecular complexity index is 1600. The van der Waals surface area contributed by atoms with Gasteiger partial charge in [0, 0.05) is 6.61 Å². The van der Waals surface area contributed by atoms with Crippen LogP contribution in [0.5, 0.6) is 0 Å². The summed E-state index contributed by atoms with van der Waals surface area (Å²) in [6.07, 6.45) is 7.07. The number of imidazole rings is 1. The third-order valence-electron chi connectivity index (χ3n) is 6.62. The van der Waals surface area contributed by atoms with Crippen molar-refractivity contribution in [1.82, 2.24) is 29.1 Å². The van der Waals surface area contributed by atoms with E-state index < -0.39 is 0 Å². The molecule has 1 aromatic carbocycles. The SMILES string of the molecule is CCC(Nc1ncnc2c1ncn2C1CCCCO1)c1nc2ccsc2c(=O)n1-c1cccc(C)c1. The maximum atomic E-state index is 13.6. The van der Waals surface area contributed by atoms with Crippen LogP contribution >= 0.6 is 11.3 Å². The summed E-state index contributed by atoms with van der Waals surface area (Å²) in [5.41, 5.74) is 3.91. The predicted molar refractivity (Wildman–Crippen MR) is 141 cm³/mol. The molecule has 1 N–H and O–H groups in total. The van der Waals surface area contributed by atoms with Crippen LogP contribution in [0.4, 0.5) is 5.82 Å². The third-order valence-corrected chi connectivity index (χ3v) is 7.51. The molecule has 5 heterocycles. The van der Waals surface area contributed by atoms with Gasteiger partial charge < -0.3 is 10.1 Å². The number of nitrogens with zero attached hydrogens (tertiary/aromatic N) is 6. The monoisotopic (exact) mass is 501 g/mol. The van der Waals surface area contributed by atoms with Gasteiger partial charge in [-0.25, -0.2) is 19.9 Å². The molecule has 5 aromatic rings. The predicted octanol–water partition coefficient (Wildman–Crippen LogP) is 5.16. The van der Waals surface area contributed by atoms with Gasteiger partial charge in [0.1, 0.15) is 23.1 Å². The lowest BCUT2D eigenvalue weighted by atomic mass is 10.1. The molecular formula is C26H27N7O2S. The lowest BCUT2D eigenvalue weighted by Crippen LogP contribution is -2.27. The van der Waals surface area contributed by atoms with E-state index in [2.05, 4.69) is 27.2 Å². The Morgan fingerprint density at radius 2 is 2.14 bits per heavy atom. The summed E-state index contributed by atoms with van der Waals surface area (Å²) in [6.45, 7) is 4.82. The average Bonchev–Trinajstić information content (AvgIpc) is 3.55. The molecule has 36 heavy (non-hydrogen) atoms. The van der Waals surface area contributed by atoms with E-state index in [-0.39, 0.29) is 17.8 Å². The number of nitrogens with one attached hydrogen (secondary N) is 1. The van der Waals surface area contributed by atoms with Gasteiger partial charge >= 0.3 is 0 Å². The minimum atomic E-state index is -0.281. The van der Waals surface area contributed by atoms with Gasteiger partial charge in [0.05, 0.1) is 23.6 Å². The maximum absolute atomic E-state index is 13.6. The zero-order chi connectivity index (χ0) is 24.6. The first-order valence-electron chi connectivity index (χ1n) is 12.3.